The molecule has 0 saturated heterocycles. The van der Waals surface area contributed by atoms with Gasteiger partial charge < -0.3 is 5.32 Å². The number of carbonyl (C=O) groups is 1. The molecule has 0 aliphatic rings. The molecule has 16 heavy (non-hydrogen) atoms. The van der Waals surface area contributed by atoms with E-state index in [1.54, 1.807) is 6.26 Å². The highest BCUT2D eigenvalue weighted by molar-refractivity contribution is 7.98. The Balaban J connectivity index is 3.45. The molecule has 0 fully saturated rings. The first-order valence-electron chi connectivity index (χ1n) is 4.23. The molecule has 1 rings (SSSR count). The van der Waals surface area contributed by atoms with E-state index < -0.39 is 15.7 Å². The summed E-state index contributed by atoms with van der Waals surface area (Å²) >= 11 is 1.21. The molecule has 0 aliphatic carbocycles. The van der Waals surface area contributed by atoms with Crippen molar-refractivity contribution < 1.29 is 13.2 Å². The van der Waals surface area contributed by atoms with Gasteiger partial charge >= 0.3 is 0 Å². The van der Waals surface area contributed by atoms with E-state index in [0.29, 0.717) is 5.16 Å². The lowest BCUT2D eigenvalue weighted by molar-refractivity contribution is 0.0958. The fraction of sp³-hybridized carbons (Fsp3) is 0.375. The van der Waals surface area contributed by atoms with Crippen LogP contribution in [-0.4, -0.2) is 43.9 Å². The number of amides is 1. The molecule has 0 spiro atoms. The smallest absolute Gasteiger partial charge is 0.255 e. The van der Waals surface area contributed by atoms with Crippen molar-refractivity contribution in [1.29, 1.82) is 0 Å². The first kappa shape index (κ1) is 12.9. The Morgan fingerprint density at radius 2 is 2.12 bits per heavy atom. The van der Waals surface area contributed by atoms with Crippen molar-refractivity contribution in [3.63, 3.8) is 0 Å². The normalized spacial score (nSPS) is 11.2. The van der Waals surface area contributed by atoms with Gasteiger partial charge in [0.05, 0.1) is 5.56 Å². The molecule has 0 aromatic carbocycles. The maximum atomic E-state index is 11.5. The van der Waals surface area contributed by atoms with Crippen LogP contribution >= 0.6 is 11.8 Å². The van der Waals surface area contributed by atoms with Crippen LogP contribution in [0.25, 0.3) is 0 Å². The zero-order valence-corrected chi connectivity index (χ0v) is 10.6. The lowest BCUT2D eigenvalue weighted by atomic mass is 10.3. The first-order valence-corrected chi connectivity index (χ1v) is 7.35. The van der Waals surface area contributed by atoms with E-state index in [-0.39, 0.29) is 10.6 Å². The molecule has 1 amide bonds. The Bertz CT molecular complexity index is 513. The molecule has 6 nitrogen and oxygen atoms in total. The van der Waals surface area contributed by atoms with Crippen molar-refractivity contribution in [1.82, 2.24) is 15.3 Å². The number of nitrogens with zero attached hydrogens (tertiary/aromatic N) is 2. The van der Waals surface area contributed by atoms with Crippen LogP contribution in [0.5, 0.6) is 0 Å². The largest absolute Gasteiger partial charge is 0.355 e. The summed E-state index contributed by atoms with van der Waals surface area (Å²) in [6.45, 7) is 0. The molecule has 0 aliphatic heterocycles. The quantitative estimate of drug-likeness (QED) is 0.466. The van der Waals surface area contributed by atoms with Gasteiger partial charge in [-0.25, -0.2) is 18.4 Å². The van der Waals surface area contributed by atoms with Gasteiger partial charge in [0.2, 0.25) is 0 Å². The Kier molecular flexibility index (Phi) is 3.87. The van der Waals surface area contributed by atoms with Gasteiger partial charge in [-0.05, 0) is 6.26 Å². The summed E-state index contributed by atoms with van der Waals surface area (Å²) in [7, 11) is -2.13. The predicted octanol–water partition coefficient (Wildman–Crippen LogP) is -0.0384. The van der Waals surface area contributed by atoms with Crippen LogP contribution in [0.3, 0.4) is 0 Å². The summed E-state index contributed by atoms with van der Waals surface area (Å²) in [4.78, 5) is 19.1. The second-order valence-electron chi connectivity index (χ2n) is 2.93. The number of carbonyl (C=O) groups excluding carboxylic acids is 1. The minimum absolute atomic E-state index is 0.0391. The van der Waals surface area contributed by atoms with E-state index in [2.05, 4.69) is 15.3 Å². The van der Waals surface area contributed by atoms with E-state index in [9.17, 15) is 13.2 Å². The van der Waals surface area contributed by atoms with Crippen molar-refractivity contribution in [3.05, 3.63) is 11.8 Å². The fourth-order valence-electron chi connectivity index (χ4n) is 1.02. The Labute approximate surface area is 97.8 Å². The third-order valence-electron chi connectivity index (χ3n) is 1.74. The van der Waals surface area contributed by atoms with Crippen molar-refractivity contribution in [3.8, 4) is 0 Å². The summed E-state index contributed by atoms with van der Waals surface area (Å²) in [5.74, 6) is -0.520. The number of rotatable bonds is 3. The van der Waals surface area contributed by atoms with E-state index >= 15 is 0 Å². The summed E-state index contributed by atoms with van der Waals surface area (Å²) in [6.07, 6.45) is 3.95. The van der Waals surface area contributed by atoms with Crippen molar-refractivity contribution >= 4 is 27.5 Å². The summed E-state index contributed by atoms with van der Waals surface area (Å²) in [5, 5.41) is 2.41. The van der Waals surface area contributed by atoms with E-state index in [1.807, 2.05) is 0 Å². The van der Waals surface area contributed by atoms with Gasteiger partial charge in [0, 0.05) is 19.5 Å². The molecule has 1 heterocycles. The van der Waals surface area contributed by atoms with Crippen LogP contribution in [0.1, 0.15) is 10.4 Å². The molecule has 1 aromatic rings. The van der Waals surface area contributed by atoms with Crippen LogP contribution in [0, 0.1) is 0 Å². The lowest BCUT2D eigenvalue weighted by Crippen LogP contribution is -2.22. The van der Waals surface area contributed by atoms with Crippen molar-refractivity contribution in [2.45, 2.75) is 10.2 Å². The zero-order valence-electron chi connectivity index (χ0n) is 9.01. The number of nitrogens with one attached hydrogen (secondary N) is 1. The molecular weight excluding hydrogens is 250 g/mol. The highest BCUT2D eigenvalue weighted by Gasteiger charge is 2.21. The number of hydrogen-bond donors (Lipinski definition) is 1. The maximum Gasteiger partial charge on any atom is 0.255 e. The predicted molar refractivity (Wildman–Crippen MR) is 60.3 cm³/mol. The third-order valence-corrected chi connectivity index (χ3v) is 3.31. The topological polar surface area (TPSA) is 89.0 Å². The van der Waals surface area contributed by atoms with E-state index in [0.717, 1.165) is 6.26 Å². The minimum atomic E-state index is -3.55. The highest BCUT2D eigenvalue weighted by atomic mass is 32.2. The van der Waals surface area contributed by atoms with Gasteiger partial charge in [-0.2, -0.15) is 0 Å². The van der Waals surface area contributed by atoms with Gasteiger partial charge in [0.15, 0.2) is 20.0 Å². The van der Waals surface area contributed by atoms with Crippen molar-refractivity contribution in [2.75, 3.05) is 19.6 Å². The second-order valence-corrected chi connectivity index (χ2v) is 5.63. The van der Waals surface area contributed by atoms with Crippen molar-refractivity contribution in [2.24, 2.45) is 0 Å². The number of aromatic nitrogens is 2. The molecule has 8 heteroatoms. The Hall–Kier alpha value is -1.15. The van der Waals surface area contributed by atoms with Crippen LogP contribution in [0.4, 0.5) is 0 Å². The monoisotopic (exact) mass is 261 g/mol. The molecule has 0 unspecified atom stereocenters. The molecule has 0 atom stereocenters. The third kappa shape index (κ3) is 2.70. The highest BCUT2D eigenvalue weighted by Crippen LogP contribution is 2.16. The maximum absolute atomic E-state index is 11.5. The molecule has 0 bridgehead atoms. The van der Waals surface area contributed by atoms with E-state index in [1.165, 1.54) is 25.0 Å². The van der Waals surface area contributed by atoms with Crippen LogP contribution in [0.2, 0.25) is 0 Å². The fourth-order valence-corrected chi connectivity index (χ4v) is 2.22. The lowest BCUT2D eigenvalue weighted by Gasteiger charge is -2.06. The van der Waals surface area contributed by atoms with Crippen LogP contribution in [-0.2, 0) is 9.84 Å². The van der Waals surface area contributed by atoms with Gasteiger partial charge in [0.1, 0.15) is 0 Å². The Morgan fingerprint density at radius 1 is 1.50 bits per heavy atom. The summed E-state index contributed by atoms with van der Waals surface area (Å²) < 4.78 is 22.9. The molecule has 0 saturated carbocycles. The molecule has 0 radical (unpaired) electrons. The first-order chi connectivity index (χ1) is 7.40. The van der Waals surface area contributed by atoms with Gasteiger partial charge in [-0.15, -0.1) is 0 Å². The average molecular weight is 261 g/mol. The summed E-state index contributed by atoms with van der Waals surface area (Å²) in [6, 6.07) is 0. The number of sulfone groups is 1. The molecule has 88 valence electrons. The molecule has 1 N–H and O–H groups in total. The molecule has 1 aromatic heterocycles. The zero-order chi connectivity index (χ0) is 12.3. The number of hydrogen-bond acceptors (Lipinski definition) is 6. The Morgan fingerprint density at radius 3 is 2.56 bits per heavy atom. The molecular formula is C8H11N3O3S2. The minimum Gasteiger partial charge on any atom is -0.355 e. The SMILES string of the molecule is CNC(=O)c1cnc(SC)nc1S(C)(=O)=O. The van der Waals surface area contributed by atoms with Crippen LogP contribution in [0.15, 0.2) is 16.4 Å². The average Bonchev–Trinajstić information content (AvgIpc) is 2.26. The van der Waals surface area contributed by atoms with Gasteiger partial charge in [-0.3, -0.25) is 4.79 Å². The summed E-state index contributed by atoms with van der Waals surface area (Å²) in [5.41, 5.74) is -0.0391. The van der Waals surface area contributed by atoms with Gasteiger partial charge in [0.25, 0.3) is 5.91 Å². The van der Waals surface area contributed by atoms with Crippen LogP contribution < -0.4 is 5.32 Å². The standard InChI is InChI=1S/C8H11N3O3S2/c1-9-6(12)5-4-10-8(15-2)11-7(5)16(3,13)14/h4H,1-3H3,(H,9,12). The number of thioether (sulfide) groups is 1. The van der Waals surface area contributed by atoms with E-state index in [4.69, 9.17) is 0 Å². The second kappa shape index (κ2) is 4.79. The van der Waals surface area contributed by atoms with Gasteiger partial charge in [-0.1, -0.05) is 11.8 Å².